The van der Waals surface area contributed by atoms with Crippen molar-refractivity contribution in [3.8, 4) is 5.69 Å². The standard InChI is InChI=1S/C19H23FN4O/c1-23(18-5-14-7-19(25)21-10-15(14)6-18)11-13-9-22-24(12-13)17-4-2-3-16(20)8-17/h2-4,8-9,12,14-15,18H,5-7,10-11H2,1H3,(H,21,25)/t14-,15+,18-/m0/s1. The van der Waals surface area contributed by atoms with Gasteiger partial charge in [0, 0.05) is 37.3 Å². The van der Waals surface area contributed by atoms with Gasteiger partial charge in [0.25, 0.3) is 0 Å². The molecule has 0 spiro atoms. The third-order valence-electron chi connectivity index (χ3n) is 5.59. The van der Waals surface area contributed by atoms with Gasteiger partial charge in [-0.3, -0.25) is 9.69 Å². The van der Waals surface area contributed by atoms with Crippen molar-refractivity contribution in [1.82, 2.24) is 20.0 Å². The predicted molar refractivity (Wildman–Crippen MR) is 92.6 cm³/mol. The van der Waals surface area contributed by atoms with Crippen LogP contribution in [-0.2, 0) is 11.3 Å². The van der Waals surface area contributed by atoms with Crippen LogP contribution in [0.5, 0.6) is 0 Å². The van der Waals surface area contributed by atoms with Crippen molar-refractivity contribution in [3.63, 3.8) is 0 Å². The molecular weight excluding hydrogens is 319 g/mol. The van der Waals surface area contributed by atoms with E-state index in [4.69, 9.17) is 0 Å². The Bertz CT molecular complexity index is 774. The number of hydrogen-bond donors (Lipinski definition) is 1. The van der Waals surface area contributed by atoms with Crippen LogP contribution < -0.4 is 5.32 Å². The molecule has 0 unspecified atom stereocenters. The van der Waals surface area contributed by atoms with E-state index in [9.17, 15) is 9.18 Å². The summed E-state index contributed by atoms with van der Waals surface area (Å²) in [6, 6.07) is 6.94. The average molecular weight is 342 g/mol. The molecule has 1 aromatic heterocycles. The Morgan fingerprint density at radius 2 is 2.20 bits per heavy atom. The maximum absolute atomic E-state index is 13.4. The molecule has 1 aliphatic carbocycles. The molecule has 1 N–H and O–H groups in total. The van der Waals surface area contributed by atoms with Gasteiger partial charge in [-0.2, -0.15) is 5.10 Å². The van der Waals surface area contributed by atoms with Gasteiger partial charge in [0.1, 0.15) is 5.82 Å². The van der Waals surface area contributed by atoms with Crippen molar-refractivity contribution < 1.29 is 9.18 Å². The zero-order valence-corrected chi connectivity index (χ0v) is 14.4. The Kier molecular flexibility index (Phi) is 4.29. The molecule has 1 aromatic carbocycles. The Labute approximate surface area is 146 Å². The van der Waals surface area contributed by atoms with Crippen molar-refractivity contribution in [2.24, 2.45) is 11.8 Å². The van der Waals surface area contributed by atoms with E-state index in [0.717, 1.165) is 37.2 Å². The Balaban J connectivity index is 1.40. The molecule has 2 heterocycles. The van der Waals surface area contributed by atoms with Crippen molar-refractivity contribution in [2.75, 3.05) is 13.6 Å². The Hall–Kier alpha value is -2.21. The topological polar surface area (TPSA) is 50.2 Å². The van der Waals surface area contributed by atoms with E-state index in [1.807, 2.05) is 18.5 Å². The van der Waals surface area contributed by atoms with Crippen LogP contribution in [0.15, 0.2) is 36.7 Å². The first-order valence-corrected chi connectivity index (χ1v) is 8.85. The lowest BCUT2D eigenvalue weighted by molar-refractivity contribution is -0.124. The van der Waals surface area contributed by atoms with Crippen LogP contribution in [0.25, 0.3) is 5.69 Å². The van der Waals surface area contributed by atoms with E-state index < -0.39 is 0 Å². The van der Waals surface area contributed by atoms with E-state index in [1.54, 1.807) is 10.7 Å². The molecule has 0 radical (unpaired) electrons. The van der Waals surface area contributed by atoms with Gasteiger partial charge in [0.2, 0.25) is 5.91 Å². The second-order valence-electron chi connectivity index (χ2n) is 7.34. The fourth-order valence-corrected chi connectivity index (χ4v) is 4.21. The van der Waals surface area contributed by atoms with E-state index in [-0.39, 0.29) is 11.7 Å². The van der Waals surface area contributed by atoms with Crippen LogP contribution in [0.3, 0.4) is 0 Å². The van der Waals surface area contributed by atoms with Crippen molar-refractivity contribution in [1.29, 1.82) is 0 Å². The first-order chi connectivity index (χ1) is 12.1. The van der Waals surface area contributed by atoms with E-state index in [2.05, 4.69) is 22.4 Å². The molecular formula is C19H23FN4O. The minimum Gasteiger partial charge on any atom is -0.356 e. The third-order valence-corrected chi connectivity index (χ3v) is 5.59. The van der Waals surface area contributed by atoms with Gasteiger partial charge in [-0.25, -0.2) is 9.07 Å². The van der Waals surface area contributed by atoms with Crippen LogP contribution in [0.2, 0.25) is 0 Å². The quantitative estimate of drug-likeness (QED) is 0.928. The molecule has 1 saturated heterocycles. The second kappa shape index (κ2) is 6.59. The molecule has 1 saturated carbocycles. The monoisotopic (exact) mass is 342 g/mol. The summed E-state index contributed by atoms with van der Waals surface area (Å²) in [4.78, 5) is 13.9. The molecule has 25 heavy (non-hydrogen) atoms. The molecule has 1 amide bonds. The summed E-state index contributed by atoms with van der Waals surface area (Å²) < 4.78 is 15.1. The van der Waals surface area contributed by atoms with Crippen LogP contribution in [-0.4, -0.2) is 40.2 Å². The zero-order valence-electron chi connectivity index (χ0n) is 14.4. The van der Waals surface area contributed by atoms with Gasteiger partial charge in [0.05, 0.1) is 11.9 Å². The summed E-state index contributed by atoms with van der Waals surface area (Å²) in [5.74, 6) is 1.07. The van der Waals surface area contributed by atoms with Crippen LogP contribution >= 0.6 is 0 Å². The highest BCUT2D eigenvalue weighted by Gasteiger charge is 2.39. The number of carbonyl (C=O) groups is 1. The summed E-state index contributed by atoms with van der Waals surface area (Å²) in [5.41, 5.74) is 1.83. The van der Waals surface area contributed by atoms with E-state index in [1.165, 1.54) is 12.1 Å². The highest BCUT2D eigenvalue weighted by atomic mass is 19.1. The number of rotatable bonds is 4. The SMILES string of the molecule is CN(Cc1cnn(-c2cccc(F)c2)c1)[C@H]1C[C@H]2CC(=O)NC[C@H]2C1. The number of aromatic nitrogens is 2. The number of nitrogens with zero attached hydrogens (tertiary/aromatic N) is 3. The fourth-order valence-electron chi connectivity index (χ4n) is 4.21. The van der Waals surface area contributed by atoms with Crippen molar-refractivity contribution in [2.45, 2.75) is 31.8 Å². The first-order valence-electron chi connectivity index (χ1n) is 8.85. The van der Waals surface area contributed by atoms with Crippen molar-refractivity contribution >= 4 is 5.91 Å². The van der Waals surface area contributed by atoms with Gasteiger partial charge in [0.15, 0.2) is 0 Å². The smallest absolute Gasteiger partial charge is 0.220 e. The molecule has 2 fully saturated rings. The molecule has 4 rings (SSSR count). The van der Waals surface area contributed by atoms with Gasteiger partial charge in [-0.15, -0.1) is 0 Å². The van der Waals surface area contributed by atoms with E-state index in [0.29, 0.717) is 24.3 Å². The summed E-state index contributed by atoms with van der Waals surface area (Å²) in [6.45, 7) is 1.63. The number of hydrogen-bond acceptors (Lipinski definition) is 3. The number of piperidine rings is 1. The lowest BCUT2D eigenvalue weighted by atomic mass is 9.89. The van der Waals surface area contributed by atoms with Crippen molar-refractivity contribution in [3.05, 3.63) is 48.0 Å². The molecule has 3 atom stereocenters. The molecule has 5 nitrogen and oxygen atoms in total. The number of nitrogens with one attached hydrogen (secondary N) is 1. The zero-order chi connectivity index (χ0) is 17.4. The Morgan fingerprint density at radius 1 is 1.36 bits per heavy atom. The minimum absolute atomic E-state index is 0.195. The van der Waals surface area contributed by atoms with Crippen LogP contribution in [0.4, 0.5) is 4.39 Å². The number of fused-ring (bicyclic) bond motifs is 1. The normalized spacial score (nSPS) is 25.9. The average Bonchev–Trinajstić information content (AvgIpc) is 3.21. The molecule has 0 bridgehead atoms. The van der Waals surface area contributed by atoms with Gasteiger partial charge < -0.3 is 5.32 Å². The third kappa shape index (κ3) is 3.44. The maximum Gasteiger partial charge on any atom is 0.220 e. The summed E-state index contributed by atoms with van der Waals surface area (Å²) >= 11 is 0. The van der Waals surface area contributed by atoms with E-state index >= 15 is 0 Å². The summed E-state index contributed by atoms with van der Waals surface area (Å²) in [7, 11) is 2.14. The molecule has 2 aliphatic rings. The summed E-state index contributed by atoms with van der Waals surface area (Å²) in [5, 5.41) is 7.35. The van der Waals surface area contributed by atoms with Gasteiger partial charge >= 0.3 is 0 Å². The summed E-state index contributed by atoms with van der Waals surface area (Å²) in [6.07, 6.45) is 6.70. The fraction of sp³-hybridized carbons (Fsp3) is 0.474. The number of benzene rings is 1. The molecule has 6 heteroatoms. The van der Waals surface area contributed by atoms with Gasteiger partial charge in [-0.1, -0.05) is 6.07 Å². The number of carbonyl (C=O) groups excluding carboxylic acids is 1. The first kappa shape index (κ1) is 16.3. The lowest BCUT2D eigenvalue weighted by Crippen LogP contribution is -2.38. The minimum atomic E-state index is -0.261. The molecule has 1 aliphatic heterocycles. The van der Waals surface area contributed by atoms with Crippen LogP contribution in [0.1, 0.15) is 24.8 Å². The molecule has 132 valence electrons. The lowest BCUT2D eigenvalue weighted by Gasteiger charge is -2.24. The Morgan fingerprint density at radius 3 is 3.04 bits per heavy atom. The number of amides is 1. The second-order valence-corrected chi connectivity index (χ2v) is 7.34. The van der Waals surface area contributed by atoms with Crippen LogP contribution in [0, 0.1) is 17.7 Å². The predicted octanol–water partition coefficient (Wildman–Crippen LogP) is 2.36. The number of halogens is 1. The highest BCUT2D eigenvalue weighted by Crippen LogP contribution is 2.38. The maximum atomic E-state index is 13.4. The highest BCUT2D eigenvalue weighted by molar-refractivity contribution is 5.77. The largest absolute Gasteiger partial charge is 0.356 e. The molecule has 2 aromatic rings. The van der Waals surface area contributed by atoms with Gasteiger partial charge in [-0.05, 0) is 49.9 Å².